The SMILES string of the molecule is CC1CCc2c(sc3nc(CCC(=O)N4CCCC4CN)[nH]c(=O)c23)C1. The van der Waals surface area contributed by atoms with E-state index in [-0.39, 0.29) is 17.5 Å². The van der Waals surface area contributed by atoms with Crippen molar-refractivity contribution in [3.8, 4) is 0 Å². The van der Waals surface area contributed by atoms with Gasteiger partial charge in [-0.25, -0.2) is 4.98 Å². The summed E-state index contributed by atoms with van der Waals surface area (Å²) in [6, 6.07) is 0.169. The Morgan fingerprint density at radius 3 is 3.08 bits per heavy atom. The van der Waals surface area contributed by atoms with Crippen LogP contribution in [0.15, 0.2) is 4.79 Å². The van der Waals surface area contributed by atoms with Crippen molar-refractivity contribution in [2.75, 3.05) is 13.1 Å². The summed E-state index contributed by atoms with van der Waals surface area (Å²) >= 11 is 1.65. The minimum absolute atomic E-state index is 0.0505. The van der Waals surface area contributed by atoms with Crippen LogP contribution in [0.1, 0.15) is 48.9 Å². The molecule has 2 atom stereocenters. The Kier molecular flexibility index (Phi) is 4.84. The summed E-state index contributed by atoms with van der Waals surface area (Å²) in [6.07, 6.45) is 5.99. The summed E-state index contributed by atoms with van der Waals surface area (Å²) in [4.78, 5) is 36.7. The first kappa shape index (κ1) is 17.7. The van der Waals surface area contributed by atoms with Gasteiger partial charge in [0.2, 0.25) is 5.91 Å². The molecule has 2 aromatic heterocycles. The lowest BCUT2D eigenvalue weighted by atomic mass is 9.89. The van der Waals surface area contributed by atoms with Crippen LogP contribution in [0.5, 0.6) is 0 Å². The molecule has 1 aliphatic carbocycles. The summed E-state index contributed by atoms with van der Waals surface area (Å²) in [6.45, 7) is 3.57. The van der Waals surface area contributed by atoms with E-state index in [2.05, 4.69) is 16.9 Å². The molecule has 0 bridgehead atoms. The number of amides is 1. The highest BCUT2D eigenvalue weighted by Gasteiger charge is 2.27. The molecule has 2 aromatic rings. The van der Waals surface area contributed by atoms with Crippen LogP contribution in [0.4, 0.5) is 0 Å². The molecule has 3 heterocycles. The second-order valence-electron chi connectivity index (χ2n) is 7.66. The summed E-state index contributed by atoms with van der Waals surface area (Å²) in [5.41, 5.74) is 6.90. The standard InChI is InChI=1S/C19H26N4O2S/c1-11-4-5-13-14(9-11)26-19-17(13)18(25)21-15(22-19)6-7-16(24)23-8-2-3-12(23)10-20/h11-12H,2-10,20H2,1H3,(H,21,22,25). The maximum atomic E-state index is 12.6. The number of fused-ring (bicyclic) bond motifs is 3. The molecule has 3 N–H and O–H groups in total. The number of nitrogens with one attached hydrogen (secondary N) is 1. The van der Waals surface area contributed by atoms with Gasteiger partial charge in [-0.3, -0.25) is 9.59 Å². The molecule has 1 saturated heterocycles. The number of hydrogen-bond donors (Lipinski definition) is 2. The molecular weight excluding hydrogens is 348 g/mol. The highest BCUT2D eigenvalue weighted by Crippen LogP contribution is 2.35. The molecule has 1 fully saturated rings. The molecule has 0 spiro atoms. The third-order valence-corrected chi connectivity index (χ3v) is 6.91. The lowest BCUT2D eigenvalue weighted by Crippen LogP contribution is -2.40. The number of nitrogens with two attached hydrogens (primary N) is 1. The first-order valence-corrected chi connectivity index (χ1v) is 10.4. The minimum atomic E-state index is -0.0505. The van der Waals surface area contributed by atoms with Crippen LogP contribution in [0.25, 0.3) is 10.2 Å². The summed E-state index contributed by atoms with van der Waals surface area (Å²) in [7, 11) is 0. The zero-order valence-electron chi connectivity index (χ0n) is 15.2. The zero-order valence-corrected chi connectivity index (χ0v) is 16.0. The Hall–Kier alpha value is -1.73. The highest BCUT2D eigenvalue weighted by atomic mass is 32.1. The van der Waals surface area contributed by atoms with Gasteiger partial charge in [-0.1, -0.05) is 6.92 Å². The van der Waals surface area contributed by atoms with Gasteiger partial charge in [0, 0.05) is 36.9 Å². The number of nitrogens with zero attached hydrogens (tertiary/aromatic N) is 2. The Balaban J connectivity index is 1.53. The molecule has 2 unspecified atom stereocenters. The fourth-order valence-corrected chi connectivity index (χ4v) is 5.69. The quantitative estimate of drug-likeness (QED) is 0.856. The van der Waals surface area contributed by atoms with Gasteiger partial charge in [-0.05, 0) is 43.6 Å². The molecule has 4 rings (SSSR count). The Labute approximate surface area is 156 Å². The minimum Gasteiger partial charge on any atom is -0.338 e. The molecule has 7 heteroatoms. The largest absolute Gasteiger partial charge is 0.338 e. The first-order chi connectivity index (χ1) is 12.6. The molecule has 2 aliphatic rings. The zero-order chi connectivity index (χ0) is 18.3. The summed E-state index contributed by atoms with van der Waals surface area (Å²) < 4.78 is 0. The Bertz CT molecular complexity index is 888. The van der Waals surface area contributed by atoms with Gasteiger partial charge in [-0.2, -0.15) is 0 Å². The lowest BCUT2D eigenvalue weighted by molar-refractivity contribution is -0.131. The number of H-pyrrole nitrogens is 1. The van der Waals surface area contributed by atoms with E-state index < -0.39 is 0 Å². The van der Waals surface area contributed by atoms with Gasteiger partial charge in [-0.15, -0.1) is 11.3 Å². The maximum absolute atomic E-state index is 12.6. The molecule has 1 aliphatic heterocycles. The number of hydrogen-bond acceptors (Lipinski definition) is 5. The summed E-state index contributed by atoms with van der Waals surface area (Å²) in [5, 5.41) is 0.773. The number of likely N-dealkylation sites (tertiary alicyclic amines) is 1. The number of thiophene rings is 1. The van der Waals surface area contributed by atoms with Crippen molar-refractivity contribution < 1.29 is 4.79 Å². The summed E-state index contributed by atoms with van der Waals surface area (Å²) in [5.74, 6) is 1.40. The van der Waals surface area contributed by atoms with Gasteiger partial charge in [0.05, 0.1) is 5.39 Å². The predicted octanol–water partition coefficient (Wildman–Crippen LogP) is 1.99. The second-order valence-corrected chi connectivity index (χ2v) is 8.75. The van der Waals surface area contributed by atoms with Crippen molar-refractivity contribution in [1.29, 1.82) is 0 Å². The van der Waals surface area contributed by atoms with Gasteiger partial charge in [0.25, 0.3) is 5.56 Å². The van der Waals surface area contributed by atoms with Gasteiger partial charge in [0.15, 0.2) is 0 Å². The van der Waals surface area contributed by atoms with E-state index in [1.54, 1.807) is 11.3 Å². The van der Waals surface area contributed by atoms with Crippen LogP contribution in [-0.4, -0.2) is 39.9 Å². The predicted molar refractivity (Wildman–Crippen MR) is 104 cm³/mol. The number of rotatable bonds is 4. The smallest absolute Gasteiger partial charge is 0.259 e. The Morgan fingerprint density at radius 2 is 2.27 bits per heavy atom. The van der Waals surface area contributed by atoms with Crippen LogP contribution < -0.4 is 11.3 Å². The van der Waals surface area contributed by atoms with Crippen molar-refractivity contribution in [3.63, 3.8) is 0 Å². The number of aromatic nitrogens is 2. The van der Waals surface area contributed by atoms with Crippen molar-refractivity contribution in [3.05, 3.63) is 26.6 Å². The van der Waals surface area contributed by atoms with E-state index in [0.29, 0.717) is 31.1 Å². The van der Waals surface area contributed by atoms with E-state index in [1.807, 2.05) is 4.90 Å². The second kappa shape index (κ2) is 7.12. The fraction of sp³-hybridized carbons (Fsp3) is 0.632. The normalized spacial score (nSPS) is 22.8. The fourth-order valence-electron chi connectivity index (χ4n) is 4.29. The van der Waals surface area contributed by atoms with Crippen molar-refractivity contribution in [2.45, 2.75) is 57.9 Å². The average molecular weight is 375 g/mol. The molecule has 1 amide bonds. The third-order valence-electron chi connectivity index (χ3n) is 5.76. The third kappa shape index (κ3) is 3.18. The van der Waals surface area contributed by atoms with Crippen LogP contribution in [0.3, 0.4) is 0 Å². The Morgan fingerprint density at radius 1 is 1.42 bits per heavy atom. The van der Waals surface area contributed by atoms with Crippen molar-refractivity contribution >= 4 is 27.5 Å². The van der Waals surface area contributed by atoms with Crippen molar-refractivity contribution in [1.82, 2.24) is 14.9 Å². The monoisotopic (exact) mass is 374 g/mol. The molecule has 140 valence electrons. The van der Waals surface area contributed by atoms with Gasteiger partial charge in [0.1, 0.15) is 10.7 Å². The molecule has 26 heavy (non-hydrogen) atoms. The van der Waals surface area contributed by atoms with Crippen LogP contribution in [-0.2, 0) is 24.1 Å². The number of aryl methyl sites for hydroxylation is 2. The number of aromatic amines is 1. The van der Waals surface area contributed by atoms with Crippen LogP contribution >= 0.6 is 11.3 Å². The lowest BCUT2D eigenvalue weighted by Gasteiger charge is -2.23. The van der Waals surface area contributed by atoms with E-state index in [0.717, 1.165) is 48.9 Å². The molecule has 0 saturated carbocycles. The maximum Gasteiger partial charge on any atom is 0.259 e. The van der Waals surface area contributed by atoms with Crippen molar-refractivity contribution in [2.24, 2.45) is 11.7 Å². The topological polar surface area (TPSA) is 92.1 Å². The van der Waals surface area contributed by atoms with E-state index in [9.17, 15) is 9.59 Å². The highest BCUT2D eigenvalue weighted by molar-refractivity contribution is 7.18. The van der Waals surface area contributed by atoms with Gasteiger partial charge < -0.3 is 15.6 Å². The average Bonchev–Trinajstić information content (AvgIpc) is 3.23. The first-order valence-electron chi connectivity index (χ1n) is 9.59. The molecule has 0 radical (unpaired) electrons. The van der Waals surface area contributed by atoms with E-state index >= 15 is 0 Å². The van der Waals surface area contributed by atoms with Crippen LogP contribution in [0.2, 0.25) is 0 Å². The van der Waals surface area contributed by atoms with E-state index in [1.165, 1.54) is 10.4 Å². The molecular formula is C19H26N4O2S. The van der Waals surface area contributed by atoms with Gasteiger partial charge >= 0.3 is 0 Å². The van der Waals surface area contributed by atoms with Crippen LogP contribution in [0, 0.1) is 5.92 Å². The number of carbonyl (C=O) groups excluding carboxylic acids is 1. The number of carbonyl (C=O) groups is 1. The molecule has 0 aromatic carbocycles. The molecule has 6 nitrogen and oxygen atoms in total. The van der Waals surface area contributed by atoms with E-state index in [4.69, 9.17) is 5.73 Å².